The lowest BCUT2D eigenvalue weighted by Crippen LogP contribution is -2.36. The van der Waals surface area contributed by atoms with Gasteiger partial charge in [0.2, 0.25) is 5.56 Å². The van der Waals surface area contributed by atoms with E-state index in [2.05, 4.69) is 4.98 Å². The molecule has 5 heteroatoms. The van der Waals surface area contributed by atoms with Crippen LogP contribution in [0.15, 0.2) is 23.1 Å². The van der Waals surface area contributed by atoms with Gasteiger partial charge in [-0.1, -0.05) is 0 Å². The van der Waals surface area contributed by atoms with Crippen molar-refractivity contribution in [1.29, 1.82) is 0 Å². The number of ketones is 1. The van der Waals surface area contributed by atoms with Crippen LogP contribution < -0.4 is 5.56 Å². The molecule has 1 fully saturated rings. The van der Waals surface area contributed by atoms with Crippen LogP contribution in [0.2, 0.25) is 0 Å². The minimum Gasteiger partial charge on any atom is -0.335 e. The lowest BCUT2D eigenvalue weighted by molar-refractivity contribution is -0.117. The van der Waals surface area contributed by atoms with E-state index in [1.165, 1.54) is 18.3 Å². The third kappa shape index (κ3) is 2.67. The molecule has 5 nitrogen and oxygen atoms in total. The zero-order chi connectivity index (χ0) is 13.1. The zero-order valence-electron chi connectivity index (χ0n) is 10.3. The molecule has 1 saturated heterocycles. The molecule has 1 amide bonds. The van der Waals surface area contributed by atoms with Gasteiger partial charge in [0.05, 0.1) is 5.56 Å². The first-order chi connectivity index (χ1) is 8.58. The van der Waals surface area contributed by atoms with E-state index in [1.807, 2.05) is 0 Å². The molecule has 2 heterocycles. The van der Waals surface area contributed by atoms with Crippen LogP contribution in [-0.4, -0.2) is 34.2 Å². The summed E-state index contributed by atoms with van der Waals surface area (Å²) >= 11 is 0. The van der Waals surface area contributed by atoms with E-state index in [1.54, 1.807) is 11.8 Å². The Kier molecular flexibility index (Phi) is 3.60. The molecule has 1 aliphatic rings. The van der Waals surface area contributed by atoms with Gasteiger partial charge in [0.25, 0.3) is 5.91 Å². The lowest BCUT2D eigenvalue weighted by atomic mass is 10.1. The Balaban J connectivity index is 2.14. The Morgan fingerprint density at radius 3 is 2.83 bits per heavy atom. The van der Waals surface area contributed by atoms with Gasteiger partial charge in [-0.05, 0) is 25.8 Å². The van der Waals surface area contributed by atoms with Gasteiger partial charge in [-0.2, -0.15) is 0 Å². The zero-order valence-corrected chi connectivity index (χ0v) is 10.3. The number of pyridine rings is 1. The predicted molar refractivity (Wildman–Crippen MR) is 66.4 cm³/mol. The molecule has 1 N–H and O–H groups in total. The minimum absolute atomic E-state index is 0.00179. The summed E-state index contributed by atoms with van der Waals surface area (Å²) in [4.78, 5) is 38.6. The highest BCUT2D eigenvalue weighted by molar-refractivity contribution is 5.94. The number of amides is 1. The number of hydrogen-bond acceptors (Lipinski definition) is 3. The number of nitrogens with one attached hydrogen (secondary N) is 1. The standard InChI is InChI=1S/C13H16N2O3/c1-9(16)7-11-3-2-6-15(11)13(18)10-4-5-12(17)14-8-10/h4-5,8,11H,2-3,6-7H2,1H3,(H,14,17). The van der Waals surface area contributed by atoms with E-state index in [9.17, 15) is 14.4 Å². The maximum Gasteiger partial charge on any atom is 0.255 e. The van der Waals surface area contributed by atoms with Crippen molar-refractivity contribution in [3.8, 4) is 0 Å². The van der Waals surface area contributed by atoms with Crippen LogP contribution in [0.3, 0.4) is 0 Å². The molecular formula is C13H16N2O3. The van der Waals surface area contributed by atoms with Crippen molar-refractivity contribution in [3.05, 3.63) is 34.2 Å². The molecule has 1 unspecified atom stereocenters. The second kappa shape index (κ2) is 5.16. The fourth-order valence-electron chi connectivity index (χ4n) is 2.36. The first-order valence-electron chi connectivity index (χ1n) is 6.07. The number of carbonyl (C=O) groups excluding carboxylic acids is 2. The van der Waals surface area contributed by atoms with Crippen LogP contribution in [0.4, 0.5) is 0 Å². The monoisotopic (exact) mass is 248 g/mol. The van der Waals surface area contributed by atoms with Crippen molar-refractivity contribution in [3.63, 3.8) is 0 Å². The fraction of sp³-hybridized carbons (Fsp3) is 0.462. The maximum atomic E-state index is 12.2. The second-order valence-electron chi connectivity index (χ2n) is 4.64. The molecule has 0 aromatic carbocycles. The van der Waals surface area contributed by atoms with Crippen LogP contribution in [-0.2, 0) is 4.79 Å². The highest BCUT2D eigenvalue weighted by Crippen LogP contribution is 2.22. The van der Waals surface area contributed by atoms with E-state index in [4.69, 9.17) is 0 Å². The Labute approximate surface area is 105 Å². The van der Waals surface area contributed by atoms with E-state index in [0.29, 0.717) is 18.5 Å². The van der Waals surface area contributed by atoms with E-state index >= 15 is 0 Å². The van der Waals surface area contributed by atoms with Crippen molar-refractivity contribution >= 4 is 11.7 Å². The quantitative estimate of drug-likeness (QED) is 0.866. The van der Waals surface area contributed by atoms with Crippen LogP contribution in [0.1, 0.15) is 36.5 Å². The second-order valence-corrected chi connectivity index (χ2v) is 4.64. The predicted octanol–water partition coefficient (Wildman–Crippen LogP) is 0.959. The summed E-state index contributed by atoms with van der Waals surface area (Å²) in [6.45, 7) is 2.22. The Hall–Kier alpha value is -1.91. The van der Waals surface area contributed by atoms with Crippen molar-refractivity contribution < 1.29 is 9.59 Å². The summed E-state index contributed by atoms with van der Waals surface area (Å²) in [6.07, 6.45) is 3.63. The summed E-state index contributed by atoms with van der Waals surface area (Å²) in [5.41, 5.74) is 0.235. The van der Waals surface area contributed by atoms with E-state index < -0.39 is 0 Å². The number of nitrogens with zero attached hydrogens (tertiary/aromatic N) is 1. The molecule has 0 saturated carbocycles. The Morgan fingerprint density at radius 2 is 2.22 bits per heavy atom. The third-order valence-electron chi connectivity index (χ3n) is 3.19. The van der Waals surface area contributed by atoms with Crippen LogP contribution in [0, 0.1) is 0 Å². The minimum atomic E-state index is -0.228. The lowest BCUT2D eigenvalue weighted by Gasteiger charge is -2.23. The molecular weight excluding hydrogens is 232 g/mol. The molecule has 2 rings (SSSR count). The van der Waals surface area contributed by atoms with Gasteiger partial charge < -0.3 is 9.88 Å². The number of likely N-dealkylation sites (tertiary alicyclic amines) is 1. The van der Waals surface area contributed by atoms with Gasteiger partial charge in [-0.3, -0.25) is 14.4 Å². The number of aromatic amines is 1. The molecule has 1 aromatic heterocycles. The van der Waals surface area contributed by atoms with Crippen LogP contribution >= 0.6 is 0 Å². The first kappa shape index (κ1) is 12.5. The molecule has 1 aromatic rings. The fourth-order valence-corrected chi connectivity index (χ4v) is 2.36. The molecule has 96 valence electrons. The SMILES string of the molecule is CC(=O)CC1CCCN1C(=O)c1ccc(=O)[nH]c1. The van der Waals surface area contributed by atoms with Gasteiger partial charge >= 0.3 is 0 Å². The van der Waals surface area contributed by atoms with Gasteiger partial charge in [-0.25, -0.2) is 0 Å². The molecule has 1 aliphatic heterocycles. The highest BCUT2D eigenvalue weighted by Gasteiger charge is 2.30. The number of aromatic nitrogens is 1. The number of carbonyl (C=O) groups is 2. The number of Topliss-reactive ketones (excluding diaryl/α,β-unsaturated/α-hetero) is 1. The van der Waals surface area contributed by atoms with Crippen molar-refractivity contribution in [1.82, 2.24) is 9.88 Å². The molecule has 0 radical (unpaired) electrons. The normalized spacial score (nSPS) is 18.9. The Morgan fingerprint density at radius 1 is 1.44 bits per heavy atom. The summed E-state index contributed by atoms with van der Waals surface area (Å²) in [7, 11) is 0. The van der Waals surface area contributed by atoms with E-state index in [0.717, 1.165) is 12.8 Å². The molecule has 1 atom stereocenters. The average molecular weight is 248 g/mol. The largest absolute Gasteiger partial charge is 0.335 e. The summed E-state index contributed by atoms with van der Waals surface area (Å²) < 4.78 is 0. The molecule has 18 heavy (non-hydrogen) atoms. The highest BCUT2D eigenvalue weighted by atomic mass is 16.2. The van der Waals surface area contributed by atoms with Crippen molar-refractivity contribution in [2.24, 2.45) is 0 Å². The molecule has 0 spiro atoms. The summed E-state index contributed by atoms with van der Waals surface area (Å²) in [6, 6.07) is 2.86. The average Bonchev–Trinajstić information content (AvgIpc) is 2.76. The number of rotatable bonds is 3. The van der Waals surface area contributed by atoms with Gasteiger partial charge in [0.15, 0.2) is 0 Å². The van der Waals surface area contributed by atoms with Crippen LogP contribution in [0.5, 0.6) is 0 Å². The third-order valence-corrected chi connectivity index (χ3v) is 3.19. The number of hydrogen-bond donors (Lipinski definition) is 1. The topological polar surface area (TPSA) is 70.2 Å². The Bertz CT molecular complexity index is 501. The van der Waals surface area contributed by atoms with Gasteiger partial charge in [-0.15, -0.1) is 0 Å². The summed E-state index contributed by atoms with van der Waals surface area (Å²) in [5.74, 6) is -0.0174. The molecule has 0 bridgehead atoms. The summed E-state index contributed by atoms with van der Waals surface area (Å²) in [5, 5.41) is 0. The van der Waals surface area contributed by atoms with Crippen molar-refractivity contribution in [2.75, 3.05) is 6.54 Å². The maximum absolute atomic E-state index is 12.2. The van der Waals surface area contributed by atoms with Gasteiger partial charge in [0.1, 0.15) is 5.78 Å². The number of H-pyrrole nitrogens is 1. The van der Waals surface area contributed by atoms with E-state index in [-0.39, 0.29) is 23.3 Å². The smallest absolute Gasteiger partial charge is 0.255 e. The van der Waals surface area contributed by atoms with Crippen LogP contribution in [0.25, 0.3) is 0 Å². The first-order valence-corrected chi connectivity index (χ1v) is 6.07. The van der Waals surface area contributed by atoms with Crippen molar-refractivity contribution in [2.45, 2.75) is 32.2 Å². The van der Waals surface area contributed by atoms with Gasteiger partial charge in [0, 0.05) is 31.3 Å². The molecule has 0 aliphatic carbocycles.